The van der Waals surface area contributed by atoms with Crippen molar-refractivity contribution in [2.75, 3.05) is 13.2 Å². The number of nitrogens with zero attached hydrogens (tertiary/aromatic N) is 1. The van der Waals surface area contributed by atoms with Gasteiger partial charge in [0.1, 0.15) is 22.2 Å². The van der Waals surface area contributed by atoms with E-state index in [2.05, 4.69) is 20.4 Å². The highest BCUT2D eigenvalue weighted by Gasteiger charge is 2.31. The van der Waals surface area contributed by atoms with Crippen LogP contribution in [0.3, 0.4) is 0 Å². The molecule has 0 fully saturated rings. The molecule has 180 valence electrons. The summed E-state index contributed by atoms with van der Waals surface area (Å²) in [5, 5.41) is 7.60. The van der Waals surface area contributed by atoms with Crippen molar-refractivity contribution in [1.82, 2.24) is 15.6 Å². The Hall–Kier alpha value is -3.60. The van der Waals surface area contributed by atoms with E-state index < -0.39 is 12.3 Å². The number of alkyl halides is 3. The quantitative estimate of drug-likeness (QED) is 0.445. The molecule has 1 heterocycles. The fourth-order valence-electron chi connectivity index (χ4n) is 2.77. The zero-order chi connectivity index (χ0) is 24.6. The van der Waals surface area contributed by atoms with Gasteiger partial charge in [-0.1, -0.05) is 29.8 Å². The van der Waals surface area contributed by atoms with Crippen LogP contribution in [-0.2, 0) is 17.8 Å². The Morgan fingerprint density at radius 1 is 1.00 bits per heavy atom. The number of nitrogens with one attached hydrogen (secondary N) is 2. The zero-order valence-electron chi connectivity index (χ0n) is 18.1. The third kappa shape index (κ3) is 8.39. The average Bonchev–Trinajstić information content (AvgIpc) is 3.27. The van der Waals surface area contributed by atoms with Gasteiger partial charge in [0.2, 0.25) is 0 Å². The lowest BCUT2D eigenvalue weighted by atomic mass is 10.1. The van der Waals surface area contributed by atoms with Crippen molar-refractivity contribution in [2.45, 2.75) is 26.3 Å². The van der Waals surface area contributed by atoms with Gasteiger partial charge in [-0.3, -0.25) is 9.59 Å². The van der Waals surface area contributed by atoms with Gasteiger partial charge in [0, 0.05) is 11.9 Å². The van der Waals surface area contributed by atoms with Gasteiger partial charge in [-0.05, 0) is 43.2 Å². The number of carbonyl (C=O) groups excluding carboxylic acids is 2. The number of aromatic nitrogens is 1. The lowest BCUT2D eigenvalue weighted by Crippen LogP contribution is -2.28. The number of benzene rings is 2. The van der Waals surface area contributed by atoms with Crippen LogP contribution >= 0.6 is 11.3 Å². The Morgan fingerprint density at radius 2 is 1.68 bits per heavy atom. The van der Waals surface area contributed by atoms with E-state index in [-0.39, 0.29) is 36.3 Å². The van der Waals surface area contributed by atoms with Crippen LogP contribution in [0.15, 0.2) is 53.9 Å². The summed E-state index contributed by atoms with van der Waals surface area (Å²) in [6.45, 7) is 2.27. The van der Waals surface area contributed by atoms with E-state index in [4.69, 9.17) is 4.74 Å². The summed E-state index contributed by atoms with van der Waals surface area (Å²) in [5.74, 6) is -0.913. The highest BCUT2D eigenvalue weighted by molar-refractivity contribution is 7.09. The molecule has 11 heteroatoms. The minimum atomic E-state index is -4.78. The summed E-state index contributed by atoms with van der Waals surface area (Å²) in [6.07, 6.45) is -4.07. The van der Waals surface area contributed by atoms with E-state index in [9.17, 15) is 22.8 Å². The maximum atomic E-state index is 12.3. The number of ether oxygens (including phenoxy) is 2. The van der Waals surface area contributed by atoms with Crippen LogP contribution in [0.5, 0.6) is 11.5 Å². The van der Waals surface area contributed by atoms with Crippen molar-refractivity contribution in [2.24, 2.45) is 0 Å². The van der Waals surface area contributed by atoms with Crippen molar-refractivity contribution in [1.29, 1.82) is 0 Å². The minimum absolute atomic E-state index is 0.113. The molecule has 0 aliphatic heterocycles. The molecule has 0 saturated carbocycles. The van der Waals surface area contributed by atoms with Crippen LogP contribution in [0.1, 0.15) is 26.6 Å². The lowest BCUT2D eigenvalue weighted by molar-refractivity contribution is -0.274. The topological polar surface area (TPSA) is 89.6 Å². The molecule has 0 unspecified atom stereocenters. The van der Waals surface area contributed by atoms with Crippen molar-refractivity contribution in [3.8, 4) is 11.5 Å². The molecule has 7 nitrogen and oxygen atoms in total. The first kappa shape index (κ1) is 25.0. The minimum Gasteiger partial charge on any atom is -0.484 e. The highest BCUT2D eigenvalue weighted by atomic mass is 32.1. The first-order valence-electron chi connectivity index (χ1n) is 10.2. The van der Waals surface area contributed by atoms with E-state index in [1.807, 2.05) is 31.2 Å². The molecule has 0 radical (unpaired) electrons. The van der Waals surface area contributed by atoms with E-state index in [0.717, 1.165) is 17.7 Å². The summed E-state index contributed by atoms with van der Waals surface area (Å²) < 4.78 is 45.5. The average molecular weight is 494 g/mol. The molecule has 2 amide bonds. The molecule has 2 N–H and O–H groups in total. The normalized spacial score (nSPS) is 11.1. The molecule has 0 spiro atoms. The highest BCUT2D eigenvalue weighted by Crippen LogP contribution is 2.24. The number of carbonyl (C=O) groups is 2. The van der Waals surface area contributed by atoms with Crippen LogP contribution in [-0.4, -0.2) is 36.3 Å². The largest absolute Gasteiger partial charge is 0.573 e. The zero-order valence-corrected chi connectivity index (χ0v) is 19.0. The standard InChI is InChI=1S/C23H22F3N3O4S/c1-15-2-4-16(5-3-15)10-11-27-22(31)19-14-34-21(29-19)12-28-20(30)13-32-17-6-8-18(9-7-17)33-23(24,25)26/h2-9,14H,10-13H2,1H3,(H,27,31)(H,28,30). The summed E-state index contributed by atoms with van der Waals surface area (Å²) in [5.41, 5.74) is 2.58. The molecule has 0 atom stereocenters. The van der Waals surface area contributed by atoms with Crippen molar-refractivity contribution < 1.29 is 32.2 Å². The predicted molar refractivity (Wildman–Crippen MR) is 120 cm³/mol. The maximum absolute atomic E-state index is 12.3. The third-order valence-corrected chi connectivity index (χ3v) is 5.32. The molecule has 0 bridgehead atoms. The molecule has 34 heavy (non-hydrogen) atoms. The van der Waals surface area contributed by atoms with Crippen molar-refractivity contribution in [3.63, 3.8) is 0 Å². The fraction of sp³-hybridized carbons (Fsp3) is 0.261. The van der Waals surface area contributed by atoms with Gasteiger partial charge in [-0.25, -0.2) is 4.98 Å². The number of hydrogen-bond donors (Lipinski definition) is 2. The van der Waals surface area contributed by atoms with E-state index in [1.165, 1.54) is 29.0 Å². The van der Waals surface area contributed by atoms with Gasteiger partial charge in [-0.15, -0.1) is 24.5 Å². The molecule has 0 aliphatic rings. The molecular weight excluding hydrogens is 471 g/mol. The van der Waals surface area contributed by atoms with Gasteiger partial charge in [0.05, 0.1) is 6.54 Å². The smallest absolute Gasteiger partial charge is 0.484 e. The SMILES string of the molecule is Cc1ccc(CCNC(=O)c2csc(CNC(=O)COc3ccc(OC(F)(F)F)cc3)n2)cc1. The van der Waals surface area contributed by atoms with Crippen LogP contribution in [0.25, 0.3) is 0 Å². The first-order valence-corrected chi connectivity index (χ1v) is 11.1. The second-order valence-corrected chi connectivity index (χ2v) is 8.15. The second kappa shape index (κ2) is 11.5. The Balaban J connectivity index is 1.37. The third-order valence-electron chi connectivity index (χ3n) is 4.47. The second-order valence-electron chi connectivity index (χ2n) is 7.20. The number of halogens is 3. The molecule has 1 aromatic heterocycles. The molecule has 3 aromatic rings. The Kier molecular flexibility index (Phi) is 8.47. The Morgan fingerprint density at radius 3 is 2.35 bits per heavy atom. The number of rotatable bonds is 10. The summed E-state index contributed by atoms with van der Waals surface area (Å²) >= 11 is 1.24. The molecule has 3 rings (SSSR count). The maximum Gasteiger partial charge on any atom is 0.573 e. The van der Waals surface area contributed by atoms with E-state index >= 15 is 0 Å². The van der Waals surface area contributed by atoms with Crippen LogP contribution < -0.4 is 20.1 Å². The van der Waals surface area contributed by atoms with Gasteiger partial charge in [0.15, 0.2) is 6.61 Å². The summed E-state index contributed by atoms with van der Waals surface area (Å²) in [7, 11) is 0. The number of amides is 2. The number of thiazole rings is 1. The summed E-state index contributed by atoms with van der Waals surface area (Å²) in [6, 6.07) is 12.8. The molecule has 0 aliphatic carbocycles. The van der Waals surface area contributed by atoms with Gasteiger partial charge in [-0.2, -0.15) is 0 Å². The molecule has 2 aromatic carbocycles. The van der Waals surface area contributed by atoms with Crippen LogP contribution in [0.4, 0.5) is 13.2 Å². The van der Waals surface area contributed by atoms with Gasteiger partial charge >= 0.3 is 6.36 Å². The van der Waals surface area contributed by atoms with E-state index in [1.54, 1.807) is 5.38 Å². The van der Waals surface area contributed by atoms with Crippen LogP contribution in [0.2, 0.25) is 0 Å². The molecule has 0 saturated heterocycles. The summed E-state index contributed by atoms with van der Waals surface area (Å²) in [4.78, 5) is 28.4. The van der Waals surface area contributed by atoms with Crippen LogP contribution in [0, 0.1) is 6.92 Å². The van der Waals surface area contributed by atoms with Crippen molar-refractivity contribution in [3.05, 3.63) is 75.7 Å². The monoisotopic (exact) mass is 493 g/mol. The number of hydrogen-bond acceptors (Lipinski definition) is 6. The Bertz CT molecular complexity index is 1100. The number of aryl methyl sites for hydroxylation is 1. The van der Waals surface area contributed by atoms with E-state index in [0.29, 0.717) is 18.0 Å². The van der Waals surface area contributed by atoms with Crippen molar-refractivity contribution >= 4 is 23.2 Å². The first-order chi connectivity index (χ1) is 16.2. The van der Waals surface area contributed by atoms with Gasteiger partial charge in [0.25, 0.3) is 11.8 Å². The molecular formula is C23H22F3N3O4S. The Labute approximate surface area is 197 Å². The predicted octanol–water partition coefficient (Wildman–Crippen LogP) is 4.02. The fourth-order valence-corrected chi connectivity index (χ4v) is 3.49. The lowest BCUT2D eigenvalue weighted by Gasteiger charge is -2.10. The van der Waals surface area contributed by atoms with Gasteiger partial charge < -0.3 is 20.1 Å².